The van der Waals surface area contributed by atoms with E-state index in [0.29, 0.717) is 21.6 Å². The average Bonchev–Trinajstić information content (AvgIpc) is 2.97. The standard InChI is InChI=1S/C16H19ClN2O4S2/c1-9(2)15(20)18-16-19(10-4-5-13(23-3)11(17)6-10)12-7-25(21,22)8-14(12)24-16/h4-6,9,12,14H,7-8H2,1-3H3/t12-,14+/m1/s1. The highest BCUT2D eigenvalue weighted by molar-refractivity contribution is 8.16. The fourth-order valence-corrected chi connectivity index (χ4v) is 7.07. The molecule has 2 aliphatic heterocycles. The minimum Gasteiger partial charge on any atom is -0.495 e. The predicted molar refractivity (Wildman–Crippen MR) is 102 cm³/mol. The van der Waals surface area contributed by atoms with E-state index < -0.39 is 9.84 Å². The lowest BCUT2D eigenvalue weighted by Gasteiger charge is -2.25. The number of sulfone groups is 1. The van der Waals surface area contributed by atoms with Crippen molar-refractivity contribution in [3.8, 4) is 5.75 Å². The molecule has 0 aromatic heterocycles. The molecule has 1 aromatic carbocycles. The van der Waals surface area contributed by atoms with Gasteiger partial charge in [-0.3, -0.25) is 4.79 Å². The second kappa shape index (κ2) is 6.81. The van der Waals surface area contributed by atoms with Gasteiger partial charge in [-0.05, 0) is 18.2 Å². The lowest BCUT2D eigenvalue weighted by molar-refractivity contribution is -0.120. The number of anilines is 1. The number of rotatable bonds is 3. The fraction of sp³-hybridized carbons (Fsp3) is 0.500. The second-order valence-corrected chi connectivity index (χ2v) is 10.1. The van der Waals surface area contributed by atoms with Crippen LogP contribution < -0.4 is 9.64 Å². The molecule has 1 amide bonds. The number of nitrogens with zero attached hydrogens (tertiary/aromatic N) is 2. The molecule has 9 heteroatoms. The largest absolute Gasteiger partial charge is 0.495 e. The van der Waals surface area contributed by atoms with E-state index in [1.165, 1.54) is 18.9 Å². The Hall–Kier alpha value is -1.25. The van der Waals surface area contributed by atoms with Gasteiger partial charge in [0.05, 0.1) is 29.7 Å². The number of amidine groups is 1. The van der Waals surface area contributed by atoms with Gasteiger partial charge in [-0.2, -0.15) is 4.99 Å². The summed E-state index contributed by atoms with van der Waals surface area (Å²) < 4.78 is 29.2. The maximum atomic E-state index is 12.1. The first-order valence-electron chi connectivity index (χ1n) is 7.84. The van der Waals surface area contributed by atoms with Crippen LogP contribution in [0.3, 0.4) is 0 Å². The number of thioether (sulfide) groups is 1. The number of hydrogen-bond acceptors (Lipinski definition) is 5. The third-order valence-electron chi connectivity index (χ3n) is 4.18. The van der Waals surface area contributed by atoms with E-state index >= 15 is 0 Å². The number of aliphatic imine (C=N–C) groups is 1. The molecule has 2 aliphatic rings. The Morgan fingerprint density at radius 1 is 1.40 bits per heavy atom. The smallest absolute Gasteiger partial charge is 0.250 e. The highest BCUT2D eigenvalue weighted by atomic mass is 35.5. The zero-order chi connectivity index (χ0) is 18.4. The number of carbonyl (C=O) groups excluding carboxylic acids is 1. The van der Waals surface area contributed by atoms with Crippen molar-refractivity contribution in [2.45, 2.75) is 25.1 Å². The first-order chi connectivity index (χ1) is 11.7. The Morgan fingerprint density at radius 2 is 2.12 bits per heavy atom. The summed E-state index contributed by atoms with van der Waals surface area (Å²) in [5, 5.41) is 0.818. The van der Waals surface area contributed by atoms with E-state index in [-0.39, 0.29) is 34.6 Å². The van der Waals surface area contributed by atoms with Gasteiger partial charge in [0, 0.05) is 16.9 Å². The van der Waals surface area contributed by atoms with Crippen molar-refractivity contribution in [1.29, 1.82) is 0 Å². The maximum absolute atomic E-state index is 12.1. The molecule has 0 bridgehead atoms. The van der Waals surface area contributed by atoms with E-state index in [9.17, 15) is 13.2 Å². The number of benzene rings is 1. The van der Waals surface area contributed by atoms with Gasteiger partial charge >= 0.3 is 0 Å². The van der Waals surface area contributed by atoms with Crippen LogP contribution in [-0.2, 0) is 14.6 Å². The molecule has 0 radical (unpaired) electrons. The van der Waals surface area contributed by atoms with Crippen LogP contribution in [0.4, 0.5) is 5.69 Å². The molecule has 0 saturated carbocycles. The van der Waals surface area contributed by atoms with Gasteiger partial charge in [-0.1, -0.05) is 37.2 Å². The highest BCUT2D eigenvalue weighted by Gasteiger charge is 2.49. The summed E-state index contributed by atoms with van der Waals surface area (Å²) in [6.45, 7) is 3.57. The lowest BCUT2D eigenvalue weighted by atomic mass is 10.2. The number of fused-ring (bicyclic) bond motifs is 1. The van der Waals surface area contributed by atoms with Crippen LogP contribution in [0.5, 0.6) is 5.75 Å². The van der Waals surface area contributed by atoms with Crippen LogP contribution in [0.1, 0.15) is 13.8 Å². The van der Waals surface area contributed by atoms with Gasteiger partial charge in [0.1, 0.15) is 5.75 Å². The van der Waals surface area contributed by atoms with Gasteiger partial charge < -0.3 is 9.64 Å². The molecule has 2 saturated heterocycles. The maximum Gasteiger partial charge on any atom is 0.250 e. The monoisotopic (exact) mass is 402 g/mol. The zero-order valence-corrected chi connectivity index (χ0v) is 16.5. The van der Waals surface area contributed by atoms with Crippen LogP contribution in [0.15, 0.2) is 23.2 Å². The van der Waals surface area contributed by atoms with E-state index in [4.69, 9.17) is 16.3 Å². The first kappa shape index (κ1) is 18.5. The molecular weight excluding hydrogens is 384 g/mol. The Kier molecular flexibility index (Phi) is 5.05. The van der Waals surface area contributed by atoms with Crippen molar-refractivity contribution >= 4 is 50.0 Å². The summed E-state index contributed by atoms with van der Waals surface area (Å²) >= 11 is 7.58. The van der Waals surface area contributed by atoms with E-state index in [1.807, 2.05) is 4.90 Å². The normalized spacial score (nSPS) is 26.3. The summed E-state index contributed by atoms with van der Waals surface area (Å²) in [6.07, 6.45) is 0. The highest BCUT2D eigenvalue weighted by Crippen LogP contribution is 2.42. The Balaban J connectivity index is 2.03. The average molecular weight is 403 g/mol. The van der Waals surface area contributed by atoms with Crippen molar-refractivity contribution in [2.24, 2.45) is 10.9 Å². The third kappa shape index (κ3) is 3.66. The van der Waals surface area contributed by atoms with E-state index in [1.54, 1.807) is 32.0 Å². The van der Waals surface area contributed by atoms with Crippen LogP contribution in [-0.4, -0.2) is 49.4 Å². The first-order valence-corrected chi connectivity index (χ1v) is 10.9. The summed E-state index contributed by atoms with van der Waals surface area (Å²) in [4.78, 5) is 18.2. The van der Waals surface area contributed by atoms with Gasteiger partial charge in [0.15, 0.2) is 15.0 Å². The number of ether oxygens (including phenoxy) is 1. The Labute approximate surface area is 156 Å². The summed E-state index contributed by atoms with van der Waals surface area (Å²) in [6, 6.07) is 4.98. The van der Waals surface area contributed by atoms with Crippen molar-refractivity contribution in [1.82, 2.24) is 0 Å². The quantitative estimate of drug-likeness (QED) is 0.773. The Morgan fingerprint density at radius 3 is 2.72 bits per heavy atom. The van der Waals surface area contributed by atoms with Gasteiger partial charge in [0.2, 0.25) is 0 Å². The SMILES string of the molecule is COc1ccc(N2C(=NC(=O)C(C)C)S[C@H]3CS(=O)(=O)C[C@H]32)cc1Cl. The molecule has 3 rings (SSSR count). The molecule has 0 spiro atoms. The molecule has 25 heavy (non-hydrogen) atoms. The van der Waals surface area contributed by atoms with Gasteiger partial charge in [-0.25, -0.2) is 8.42 Å². The topological polar surface area (TPSA) is 76.0 Å². The van der Waals surface area contributed by atoms with Gasteiger partial charge in [0.25, 0.3) is 5.91 Å². The van der Waals surface area contributed by atoms with Gasteiger partial charge in [-0.15, -0.1) is 0 Å². The number of hydrogen-bond donors (Lipinski definition) is 0. The van der Waals surface area contributed by atoms with Crippen molar-refractivity contribution < 1.29 is 17.9 Å². The summed E-state index contributed by atoms with van der Waals surface area (Å²) in [7, 11) is -1.57. The number of halogens is 1. The number of carbonyl (C=O) groups is 1. The minimum atomic E-state index is -3.10. The second-order valence-electron chi connectivity index (χ2n) is 6.38. The number of amides is 1. The fourth-order valence-electron chi connectivity index (χ4n) is 2.89. The molecule has 136 valence electrons. The minimum absolute atomic E-state index is 0.0448. The summed E-state index contributed by atoms with van der Waals surface area (Å²) in [5.74, 6) is 0.221. The molecule has 2 fully saturated rings. The zero-order valence-electron chi connectivity index (χ0n) is 14.1. The van der Waals surface area contributed by atoms with Crippen molar-refractivity contribution in [2.75, 3.05) is 23.5 Å². The van der Waals surface area contributed by atoms with Crippen molar-refractivity contribution in [3.63, 3.8) is 0 Å². The van der Waals surface area contributed by atoms with Crippen LogP contribution in [0.25, 0.3) is 0 Å². The molecule has 0 unspecified atom stereocenters. The van der Waals surface area contributed by atoms with Crippen LogP contribution >= 0.6 is 23.4 Å². The summed E-state index contributed by atoms with van der Waals surface area (Å²) in [5.41, 5.74) is 0.707. The predicted octanol–water partition coefficient (Wildman–Crippen LogP) is 2.61. The molecule has 2 atom stereocenters. The molecule has 0 N–H and O–H groups in total. The lowest BCUT2D eigenvalue weighted by Crippen LogP contribution is -2.37. The molecule has 0 aliphatic carbocycles. The molecular formula is C16H19ClN2O4S2. The van der Waals surface area contributed by atoms with E-state index in [0.717, 1.165) is 0 Å². The Bertz CT molecular complexity index is 839. The van der Waals surface area contributed by atoms with Crippen LogP contribution in [0.2, 0.25) is 5.02 Å². The molecule has 1 aromatic rings. The van der Waals surface area contributed by atoms with Crippen LogP contribution in [0, 0.1) is 5.92 Å². The molecule has 2 heterocycles. The number of methoxy groups -OCH3 is 1. The molecule has 6 nitrogen and oxygen atoms in total. The van der Waals surface area contributed by atoms with Crippen molar-refractivity contribution in [3.05, 3.63) is 23.2 Å². The third-order valence-corrected chi connectivity index (χ3v) is 7.68. The van der Waals surface area contributed by atoms with E-state index in [2.05, 4.69) is 4.99 Å².